The van der Waals surface area contributed by atoms with Crippen molar-refractivity contribution in [1.82, 2.24) is 20.0 Å². The summed E-state index contributed by atoms with van der Waals surface area (Å²) in [4.78, 5) is 14.6. The lowest BCUT2D eigenvalue weighted by Crippen LogP contribution is -2.47. The van der Waals surface area contributed by atoms with E-state index >= 15 is 0 Å². The number of carbonyl (C=O) groups excluding carboxylic acids is 1. The van der Waals surface area contributed by atoms with Crippen LogP contribution in [0.3, 0.4) is 0 Å². The third-order valence-electron chi connectivity index (χ3n) is 4.70. The van der Waals surface area contributed by atoms with Gasteiger partial charge in [-0.25, -0.2) is 0 Å². The fraction of sp³-hybridized carbons (Fsp3) is 0.474. The summed E-state index contributed by atoms with van der Waals surface area (Å²) >= 11 is 0. The largest absolute Gasteiger partial charge is 0.497 e. The van der Waals surface area contributed by atoms with E-state index in [9.17, 15) is 4.79 Å². The van der Waals surface area contributed by atoms with E-state index in [1.165, 1.54) is 6.42 Å². The third kappa shape index (κ3) is 5.06. The van der Waals surface area contributed by atoms with Gasteiger partial charge in [-0.3, -0.25) is 14.4 Å². The number of aromatic nitrogens is 2. The minimum atomic E-state index is 0.0724. The molecule has 1 unspecified atom stereocenters. The molecule has 1 amide bonds. The standard InChI is InChI=1S/C19H26N4O2/c1-25-18-8-6-16(7-9-18)13-20-19(24)15-22-11-3-2-5-17(22)14-23-12-4-10-21-23/h4,6-10,12,17H,2-3,5,11,13-15H2,1H3,(H,20,24). The summed E-state index contributed by atoms with van der Waals surface area (Å²) in [5.74, 6) is 0.896. The van der Waals surface area contributed by atoms with Crippen molar-refractivity contribution in [3.05, 3.63) is 48.3 Å². The second-order valence-corrected chi connectivity index (χ2v) is 6.47. The first-order valence-electron chi connectivity index (χ1n) is 8.85. The number of piperidine rings is 1. The van der Waals surface area contributed by atoms with Crippen molar-refractivity contribution in [2.75, 3.05) is 20.2 Å². The van der Waals surface area contributed by atoms with Gasteiger partial charge < -0.3 is 10.1 Å². The van der Waals surface area contributed by atoms with E-state index in [1.54, 1.807) is 13.3 Å². The Hall–Kier alpha value is -2.34. The normalized spacial score (nSPS) is 18.0. The zero-order chi connectivity index (χ0) is 17.5. The molecule has 1 fully saturated rings. The van der Waals surface area contributed by atoms with Gasteiger partial charge in [0.25, 0.3) is 0 Å². The van der Waals surface area contributed by atoms with Crippen LogP contribution in [-0.4, -0.2) is 46.8 Å². The summed E-state index contributed by atoms with van der Waals surface area (Å²) < 4.78 is 7.11. The number of nitrogens with one attached hydrogen (secondary N) is 1. The number of nitrogens with zero attached hydrogens (tertiary/aromatic N) is 3. The molecule has 1 N–H and O–H groups in total. The van der Waals surface area contributed by atoms with E-state index in [-0.39, 0.29) is 5.91 Å². The Morgan fingerprint density at radius 3 is 2.88 bits per heavy atom. The van der Waals surface area contributed by atoms with Crippen LogP contribution in [0.5, 0.6) is 5.75 Å². The molecule has 1 aliphatic rings. The summed E-state index contributed by atoms with van der Waals surface area (Å²) in [6, 6.07) is 10.1. The maximum absolute atomic E-state index is 12.4. The van der Waals surface area contributed by atoms with Crippen molar-refractivity contribution < 1.29 is 9.53 Å². The Bertz CT molecular complexity index is 655. The highest BCUT2D eigenvalue weighted by Gasteiger charge is 2.24. The van der Waals surface area contributed by atoms with Crippen LogP contribution < -0.4 is 10.1 Å². The van der Waals surface area contributed by atoms with Crippen molar-refractivity contribution in [1.29, 1.82) is 0 Å². The number of ether oxygens (including phenoxy) is 1. The van der Waals surface area contributed by atoms with Crippen molar-refractivity contribution in [2.24, 2.45) is 0 Å². The molecule has 1 aromatic carbocycles. The van der Waals surface area contributed by atoms with Crippen molar-refractivity contribution >= 4 is 5.91 Å². The van der Waals surface area contributed by atoms with Gasteiger partial charge in [0.2, 0.25) is 5.91 Å². The predicted octanol–water partition coefficient (Wildman–Crippen LogP) is 2.06. The fourth-order valence-electron chi connectivity index (χ4n) is 3.28. The molecule has 134 valence electrons. The minimum Gasteiger partial charge on any atom is -0.497 e. The van der Waals surface area contributed by atoms with E-state index in [0.717, 1.165) is 37.2 Å². The highest BCUT2D eigenvalue weighted by molar-refractivity contribution is 5.78. The van der Waals surface area contributed by atoms with Crippen LogP contribution in [0.15, 0.2) is 42.7 Å². The van der Waals surface area contributed by atoms with Gasteiger partial charge in [-0.1, -0.05) is 18.6 Å². The molecular formula is C19H26N4O2. The summed E-state index contributed by atoms with van der Waals surface area (Å²) in [5, 5.41) is 7.31. The van der Waals surface area contributed by atoms with Gasteiger partial charge in [-0.2, -0.15) is 5.10 Å². The Kier molecular flexibility index (Phi) is 6.06. The van der Waals surface area contributed by atoms with Crippen LogP contribution in [0.25, 0.3) is 0 Å². The Balaban J connectivity index is 1.49. The molecule has 0 aliphatic carbocycles. The Morgan fingerprint density at radius 2 is 2.16 bits per heavy atom. The van der Waals surface area contributed by atoms with E-state index in [4.69, 9.17) is 4.74 Å². The van der Waals surface area contributed by atoms with Gasteiger partial charge in [0.15, 0.2) is 0 Å². The number of benzene rings is 1. The highest BCUT2D eigenvalue weighted by Crippen LogP contribution is 2.18. The van der Waals surface area contributed by atoms with E-state index < -0.39 is 0 Å². The molecule has 1 atom stereocenters. The average Bonchev–Trinajstić information content (AvgIpc) is 3.15. The van der Waals surface area contributed by atoms with Gasteiger partial charge in [0.05, 0.1) is 20.2 Å². The maximum atomic E-state index is 12.4. The molecular weight excluding hydrogens is 316 g/mol. The molecule has 0 saturated carbocycles. The van der Waals surface area contributed by atoms with Crippen molar-refractivity contribution in [2.45, 2.75) is 38.4 Å². The molecule has 1 aliphatic heterocycles. The van der Waals surface area contributed by atoms with E-state index in [0.29, 0.717) is 19.1 Å². The van der Waals surface area contributed by atoms with Crippen LogP contribution in [0.4, 0.5) is 0 Å². The molecule has 6 nitrogen and oxygen atoms in total. The molecule has 1 saturated heterocycles. The van der Waals surface area contributed by atoms with Gasteiger partial charge in [0.1, 0.15) is 5.75 Å². The lowest BCUT2D eigenvalue weighted by molar-refractivity contribution is -0.123. The minimum absolute atomic E-state index is 0.0724. The smallest absolute Gasteiger partial charge is 0.234 e. The number of carbonyl (C=O) groups is 1. The molecule has 2 aromatic rings. The lowest BCUT2D eigenvalue weighted by atomic mass is 10.0. The van der Waals surface area contributed by atoms with E-state index in [1.807, 2.05) is 41.2 Å². The first-order valence-corrected chi connectivity index (χ1v) is 8.85. The maximum Gasteiger partial charge on any atom is 0.234 e. The molecule has 3 rings (SSSR count). The van der Waals surface area contributed by atoms with Gasteiger partial charge in [0, 0.05) is 25.0 Å². The SMILES string of the molecule is COc1ccc(CNC(=O)CN2CCCCC2Cn2cccn2)cc1. The fourth-order valence-corrected chi connectivity index (χ4v) is 3.28. The second-order valence-electron chi connectivity index (χ2n) is 6.47. The number of methoxy groups -OCH3 is 1. The van der Waals surface area contributed by atoms with Gasteiger partial charge in [-0.05, 0) is 43.1 Å². The van der Waals surface area contributed by atoms with Gasteiger partial charge >= 0.3 is 0 Å². The second kappa shape index (κ2) is 8.67. The summed E-state index contributed by atoms with van der Waals surface area (Å²) in [6.45, 7) is 2.81. The van der Waals surface area contributed by atoms with Crippen LogP contribution in [0.1, 0.15) is 24.8 Å². The zero-order valence-electron chi connectivity index (χ0n) is 14.7. The van der Waals surface area contributed by atoms with Crippen LogP contribution in [-0.2, 0) is 17.9 Å². The number of amides is 1. The predicted molar refractivity (Wildman–Crippen MR) is 96.3 cm³/mol. The van der Waals surface area contributed by atoms with Crippen LogP contribution in [0, 0.1) is 0 Å². The molecule has 1 aromatic heterocycles. The Labute approximate surface area is 148 Å². The number of rotatable bonds is 7. The first-order chi connectivity index (χ1) is 12.2. The van der Waals surface area contributed by atoms with Crippen LogP contribution in [0.2, 0.25) is 0 Å². The summed E-state index contributed by atoms with van der Waals surface area (Å²) in [5.41, 5.74) is 1.07. The molecule has 2 heterocycles. The summed E-state index contributed by atoms with van der Waals surface area (Å²) in [6.07, 6.45) is 7.27. The quantitative estimate of drug-likeness (QED) is 0.837. The molecule has 0 radical (unpaired) electrons. The average molecular weight is 342 g/mol. The van der Waals surface area contributed by atoms with Crippen LogP contribution >= 0.6 is 0 Å². The first kappa shape index (κ1) is 17.5. The summed E-state index contributed by atoms with van der Waals surface area (Å²) in [7, 11) is 1.65. The number of hydrogen-bond acceptors (Lipinski definition) is 4. The third-order valence-corrected chi connectivity index (χ3v) is 4.70. The van der Waals surface area contributed by atoms with Gasteiger partial charge in [-0.15, -0.1) is 0 Å². The molecule has 25 heavy (non-hydrogen) atoms. The Morgan fingerprint density at radius 1 is 1.32 bits per heavy atom. The number of hydrogen-bond donors (Lipinski definition) is 1. The monoisotopic (exact) mass is 342 g/mol. The molecule has 0 bridgehead atoms. The highest BCUT2D eigenvalue weighted by atomic mass is 16.5. The molecule has 0 spiro atoms. The van der Waals surface area contributed by atoms with Crippen molar-refractivity contribution in [3.8, 4) is 5.75 Å². The molecule has 6 heteroatoms. The zero-order valence-corrected chi connectivity index (χ0v) is 14.7. The lowest BCUT2D eigenvalue weighted by Gasteiger charge is -2.35. The van der Waals surface area contributed by atoms with E-state index in [2.05, 4.69) is 15.3 Å². The number of likely N-dealkylation sites (tertiary alicyclic amines) is 1. The topological polar surface area (TPSA) is 59.4 Å². The van der Waals surface area contributed by atoms with Crippen molar-refractivity contribution in [3.63, 3.8) is 0 Å².